The summed E-state index contributed by atoms with van der Waals surface area (Å²) in [5.41, 5.74) is 2.17. The van der Waals surface area contributed by atoms with Crippen LogP contribution in [0.1, 0.15) is 25.8 Å². The lowest BCUT2D eigenvalue weighted by molar-refractivity contribution is -0.114. The predicted octanol–water partition coefficient (Wildman–Crippen LogP) is 2.42. The van der Waals surface area contributed by atoms with E-state index in [9.17, 15) is 4.79 Å². The van der Waals surface area contributed by atoms with E-state index >= 15 is 0 Å². The molecule has 21 heavy (non-hydrogen) atoms. The van der Waals surface area contributed by atoms with Gasteiger partial charge in [-0.2, -0.15) is 0 Å². The number of amides is 1. The Balaban J connectivity index is 1.87. The molecular formula is C17H27N3O. The lowest BCUT2D eigenvalue weighted by atomic mass is 10.1. The Kier molecular flexibility index (Phi) is 5.76. The number of carbonyl (C=O) groups is 1. The van der Waals surface area contributed by atoms with E-state index < -0.39 is 0 Å². The monoisotopic (exact) mass is 289 g/mol. The molecule has 4 heteroatoms. The Morgan fingerprint density at radius 1 is 1.38 bits per heavy atom. The Morgan fingerprint density at radius 2 is 2.10 bits per heavy atom. The van der Waals surface area contributed by atoms with Crippen LogP contribution in [-0.4, -0.2) is 48.9 Å². The molecular weight excluding hydrogens is 262 g/mol. The van der Waals surface area contributed by atoms with Crippen molar-refractivity contribution in [2.75, 3.05) is 38.5 Å². The summed E-state index contributed by atoms with van der Waals surface area (Å²) in [6.45, 7) is 9.44. The highest BCUT2D eigenvalue weighted by Gasteiger charge is 2.21. The van der Waals surface area contributed by atoms with Gasteiger partial charge in [-0.1, -0.05) is 19.1 Å². The zero-order valence-electron chi connectivity index (χ0n) is 13.4. The number of hydrogen-bond acceptors (Lipinski definition) is 3. The second-order valence-electron chi connectivity index (χ2n) is 6.12. The van der Waals surface area contributed by atoms with Crippen LogP contribution in [0.5, 0.6) is 0 Å². The zero-order chi connectivity index (χ0) is 15.2. The van der Waals surface area contributed by atoms with Crippen LogP contribution in [0.2, 0.25) is 0 Å². The van der Waals surface area contributed by atoms with E-state index in [0.717, 1.165) is 24.7 Å². The summed E-state index contributed by atoms with van der Waals surface area (Å²) in [6, 6.07) is 8.17. The van der Waals surface area contributed by atoms with Gasteiger partial charge in [-0.25, -0.2) is 0 Å². The molecule has 0 radical (unpaired) electrons. The largest absolute Gasteiger partial charge is 0.326 e. The molecule has 1 saturated heterocycles. The first-order valence-electron chi connectivity index (χ1n) is 7.84. The smallest absolute Gasteiger partial charge is 0.221 e. The molecule has 1 aliphatic heterocycles. The Labute approximate surface area is 128 Å². The number of likely N-dealkylation sites (tertiary alicyclic amines) is 1. The molecule has 1 heterocycles. The first-order chi connectivity index (χ1) is 10.1. The van der Waals surface area contributed by atoms with Gasteiger partial charge < -0.3 is 10.2 Å². The number of nitrogens with one attached hydrogen (secondary N) is 1. The van der Waals surface area contributed by atoms with Crippen LogP contribution in [0, 0.1) is 5.92 Å². The average Bonchev–Trinajstić information content (AvgIpc) is 2.85. The molecule has 1 aromatic rings. The molecule has 2 rings (SSSR count). The average molecular weight is 289 g/mol. The summed E-state index contributed by atoms with van der Waals surface area (Å²) in [6.07, 6.45) is 1.31. The van der Waals surface area contributed by atoms with Crippen LogP contribution >= 0.6 is 0 Å². The number of carbonyl (C=O) groups excluding carboxylic acids is 1. The highest BCUT2D eigenvalue weighted by molar-refractivity contribution is 5.88. The van der Waals surface area contributed by atoms with Crippen molar-refractivity contribution in [1.82, 2.24) is 9.80 Å². The third kappa shape index (κ3) is 5.14. The van der Waals surface area contributed by atoms with Crippen LogP contribution in [0.3, 0.4) is 0 Å². The first-order valence-corrected chi connectivity index (χ1v) is 7.84. The van der Waals surface area contributed by atoms with E-state index in [2.05, 4.69) is 41.2 Å². The molecule has 0 aromatic heterocycles. The summed E-state index contributed by atoms with van der Waals surface area (Å²) >= 11 is 0. The third-order valence-electron chi connectivity index (χ3n) is 4.13. The van der Waals surface area contributed by atoms with Crippen molar-refractivity contribution in [2.45, 2.75) is 26.8 Å². The summed E-state index contributed by atoms with van der Waals surface area (Å²) < 4.78 is 0. The highest BCUT2D eigenvalue weighted by Crippen LogP contribution is 2.17. The van der Waals surface area contributed by atoms with Gasteiger partial charge in [-0.05, 0) is 50.2 Å². The number of nitrogens with zero attached hydrogens (tertiary/aromatic N) is 2. The zero-order valence-corrected chi connectivity index (χ0v) is 13.4. The molecule has 1 aliphatic rings. The fourth-order valence-corrected chi connectivity index (χ4v) is 3.00. The van der Waals surface area contributed by atoms with Crippen LogP contribution in [0.25, 0.3) is 0 Å². The topological polar surface area (TPSA) is 35.6 Å². The van der Waals surface area contributed by atoms with E-state index in [1.54, 1.807) is 0 Å². The Hall–Kier alpha value is -1.39. The van der Waals surface area contributed by atoms with Gasteiger partial charge in [0.25, 0.3) is 0 Å². The number of benzene rings is 1. The molecule has 1 N–H and O–H groups in total. The van der Waals surface area contributed by atoms with E-state index in [-0.39, 0.29) is 5.91 Å². The molecule has 0 bridgehead atoms. The fourth-order valence-electron chi connectivity index (χ4n) is 3.00. The molecule has 1 aromatic carbocycles. The van der Waals surface area contributed by atoms with Gasteiger partial charge in [0.15, 0.2) is 0 Å². The second-order valence-corrected chi connectivity index (χ2v) is 6.12. The van der Waals surface area contributed by atoms with Gasteiger partial charge in [0.05, 0.1) is 0 Å². The van der Waals surface area contributed by atoms with Gasteiger partial charge in [-0.3, -0.25) is 9.69 Å². The van der Waals surface area contributed by atoms with Gasteiger partial charge in [0.1, 0.15) is 0 Å². The molecule has 0 spiro atoms. The van der Waals surface area contributed by atoms with Crippen LogP contribution in [0.4, 0.5) is 5.69 Å². The number of hydrogen-bond donors (Lipinski definition) is 1. The lowest BCUT2D eigenvalue weighted by Crippen LogP contribution is -2.30. The predicted molar refractivity (Wildman–Crippen MR) is 87.3 cm³/mol. The Bertz CT molecular complexity index is 458. The van der Waals surface area contributed by atoms with Gasteiger partial charge in [0, 0.05) is 32.2 Å². The van der Waals surface area contributed by atoms with E-state index in [4.69, 9.17) is 0 Å². The van der Waals surface area contributed by atoms with Crippen molar-refractivity contribution >= 4 is 11.6 Å². The summed E-state index contributed by atoms with van der Waals surface area (Å²) in [5, 5.41) is 2.80. The number of rotatable bonds is 6. The van der Waals surface area contributed by atoms with Crippen molar-refractivity contribution in [3.05, 3.63) is 29.8 Å². The van der Waals surface area contributed by atoms with Crippen molar-refractivity contribution in [3.63, 3.8) is 0 Å². The van der Waals surface area contributed by atoms with E-state index in [1.165, 1.54) is 38.5 Å². The third-order valence-corrected chi connectivity index (χ3v) is 4.13. The lowest BCUT2D eigenvalue weighted by Gasteiger charge is -2.24. The van der Waals surface area contributed by atoms with Crippen molar-refractivity contribution in [2.24, 2.45) is 5.92 Å². The molecule has 1 amide bonds. The number of anilines is 1. The maximum atomic E-state index is 11.0. The fraction of sp³-hybridized carbons (Fsp3) is 0.588. The quantitative estimate of drug-likeness (QED) is 0.873. The molecule has 4 nitrogen and oxygen atoms in total. The standard InChI is InChI=1S/C17H27N3O/c1-4-20(13-16-9-10-19(3)11-16)12-15-5-7-17(8-6-15)18-14(2)21/h5-8,16H,4,9-13H2,1-3H3,(H,18,21)/t16-/m0/s1. The summed E-state index contributed by atoms with van der Waals surface area (Å²) in [5.74, 6) is 0.775. The van der Waals surface area contributed by atoms with E-state index in [1.807, 2.05) is 12.1 Å². The molecule has 0 saturated carbocycles. The molecule has 0 aliphatic carbocycles. The summed E-state index contributed by atoms with van der Waals surface area (Å²) in [7, 11) is 2.21. The highest BCUT2D eigenvalue weighted by atomic mass is 16.1. The van der Waals surface area contributed by atoms with Crippen molar-refractivity contribution in [3.8, 4) is 0 Å². The molecule has 1 fully saturated rings. The van der Waals surface area contributed by atoms with Gasteiger partial charge in [-0.15, -0.1) is 0 Å². The van der Waals surface area contributed by atoms with Crippen molar-refractivity contribution < 1.29 is 4.79 Å². The molecule has 0 unspecified atom stereocenters. The van der Waals surface area contributed by atoms with Crippen LogP contribution in [-0.2, 0) is 11.3 Å². The molecule has 1 atom stereocenters. The minimum absolute atomic E-state index is 0.0247. The maximum absolute atomic E-state index is 11.0. The first kappa shape index (κ1) is 16.0. The van der Waals surface area contributed by atoms with Gasteiger partial charge in [0.2, 0.25) is 5.91 Å². The SMILES string of the molecule is CCN(Cc1ccc(NC(C)=O)cc1)C[C@H]1CCN(C)C1. The minimum Gasteiger partial charge on any atom is -0.326 e. The second kappa shape index (κ2) is 7.57. The normalized spacial score (nSPS) is 19.1. The molecule has 116 valence electrons. The van der Waals surface area contributed by atoms with Gasteiger partial charge >= 0.3 is 0 Å². The van der Waals surface area contributed by atoms with E-state index in [0.29, 0.717) is 0 Å². The van der Waals surface area contributed by atoms with Crippen LogP contribution < -0.4 is 5.32 Å². The van der Waals surface area contributed by atoms with Crippen LogP contribution in [0.15, 0.2) is 24.3 Å². The maximum Gasteiger partial charge on any atom is 0.221 e. The Morgan fingerprint density at radius 3 is 2.62 bits per heavy atom. The minimum atomic E-state index is -0.0247. The summed E-state index contributed by atoms with van der Waals surface area (Å²) in [4.78, 5) is 15.9. The van der Waals surface area contributed by atoms with Crippen molar-refractivity contribution in [1.29, 1.82) is 0 Å².